The van der Waals surface area contributed by atoms with Gasteiger partial charge in [-0.15, -0.1) is 11.3 Å². The van der Waals surface area contributed by atoms with Crippen molar-refractivity contribution in [2.24, 2.45) is 4.99 Å². The van der Waals surface area contributed by atoms with Gasteiger partial charge in [-0.2, -0.15) is 0 Å². The Morgan fingerprint density at radius 1 is 1.18 bits per heavy atom. The summed E-state index contributed by atoms with van der Waals surface area (Å²) in [5.74, 6) is 1.13. The number of nitrogens with zero attached hydrogens (tertiary/aromatic N) is 2. The van der Waals surface area contributed by atoms with Crippen LogP contribution in [0.1, 0.15) is 48.5 Å². The van der Waals surface area contributed by atoms with Crippen molar-refractivity contribution in [1.82, 2.24) is 20.3 Å². The van der Waals surface area contributed by atoms with Crippen molar-refractivity contribution in [3.63, 3.8) is 0 Å². The molecule has 0 aliphatic carbocycles. The Morgan fingerprint density at radius 3 is 2.43 bits per heavy atom. The molecule has 0 amide bonds. The lowest BCUT2D eigenvalue weighted by molar-refractivity contribution is 0.587. The average Bonchev–Trinajstić information content (AvgIpc) is 3.14. The molecule has 0 aliphatic rings. The SMILES string of the molecule is CCNC(=NCc1ccc(CS(=O)(=O)NC)cc1)NCc1nc(C(C)C)cs1. The topological polar surface area (TPSA) is 95.5 Å². The van der Waals surface area contributed by atoms with Crippen molar-refractivity contribution in [1.29, 1.82) is 0 Å². The summed E-state index contributed by atoms with van der Waals surface area (Å²) in [6.45, 7) is 8.19. The van der Waals surface area contributed by atoms with E-state index in [4.69, 9.17) is 0 Å². The van der Waals surface area contributed by atoms with E-state index in [9.17, 15) is 8.42 Å². The quantitative estimate of drug-likeness (QED) is 0.426. The molecule has 9 heteroatoms. The van der Waals surface area contributed by atoms with Crippen LogP contribution in [0.5, 0.6) is 0 Å². The van der Waals surface area contributed by atoms with Crippen LogP contribution in [0, 0.1) is 0 Å². The molecule has 0 aliphatic heterocycles. The van der Waals surface area contributed by atoms with Crippen LogP contribution in [0.2, 0.25) is 0 Å². The number of guanidine groups is 1. The highest BCUT2D eigenvalue weighted by molar-refractivity contribution is 7.88. The molecule has 0 atom stereocenters. The smallest absolute Gasteiger partial charge is 0.215 e. The fourth-order valence-electron chi connectivity index (χ4n) is 2.38. The van der Waals surface area contributed by atoms with Crippen LogP contribution in [0.3, 0.4) is 0 Å². The van der Waals surface area contributed by atoms with Crippen LogP contribution in [0.25, 0.3) is 0 Å². The zero-order valence-corrected chi connectivity index (χ0v) is 18.5. The fourth-order valence-corrected chi connectivity index (χ4v) is 4.05. The van der Waals surface area contributed by atoms with Crippen molar-refractivity contribution in [3.8, 4) is 0 Å². The first-order valence-corrected chi connectivity index (χ1v) is 11.8. The lowest BCUT2D eigenvalue weighted by atomic mass is 10.1. The van der Waals surface area contributed by atoms with Crippen molar-refractivity contribution < 1.29 is 8.42 Å². The summed E-state index contributed by atoms with van der Waals surface area (Å²) in [6, 6.07) is 7.46. The number of hydrogen-bond acceptors (Lipinski definition) is 5. The third kappa shape index (κ3) is 7.21. The van der Waals surface area contributed by atoms with E-state index in [1.54, 1.807) is 11.3 Å². The molecule has 0 saturated heterocycles. The van der Waals surface area contributed by atoms with Gasteiger partial charge in [0.1, 0.15) is 5.01 Å². The summed E-state index contributed by atoms with van der Waals surface area (Å²) in [5.41, 5.74) is 2.88. The van der Waals surface area contributed by atoms with Crippen molar-refractivity contribution in [2.45, 2.75) is 45.5 Å². The monoisotopic (exact) mass is 423 g/mol. The summed E-state index contributed by atoms with van der Waals surface area (Å²) < 4.78 is 25.6. The van der Waals surface area contributed by atoms with E-state index < -0.39 is 10.0 Å². The van der Waals surface area contributed by atoms with Gasteiger partial charge in [0.25, 0.3) is 0 Å². The van der Waals surface area contributed by atoms with Gasteiger partial charge in [0.15, 0.2) is 5.96 Å². The van der Waals surface area contributed by atoms with E-state index >= 15 is 0 Å². The molecular weight excluding hydrogens is 394 g/mol. The lowest BCUT2D eigenvalue weighted by Crippen LogP contribution is -2.36. The molecule has 1 heterocycles. The molecule has 0 unspecified atom stereocenters. The summed E-state index contributed by atoms with van der Waals surface area (Å²) in [6.07, 6.45) is 0. The van der Waals surface area contributed by atoms with Crippen molar-refractivity contribution in [3.05, 3.63) is 51.5 Å². The predicted molar refractivity (Wildman–Crippen MR) is 116 cm³/mol. The molecular formula is C19H29N5O2S2. The molecule has 2 aromatic rings. The normalized spacial score (nSPS) is 12.4. The first-order valence-electron chi connectivity index (χ1n) is 9.28. The van der Waals surface area contributed by atoms with Gasteiger partial charge < -0.3 is 10.6 Å². The Kier molecular flexibility index (Phi) is 8.40. The second-order valence-corrected chi connectivity index (χ2v) is 9.52. The number of nitrogens with one attached hydrogen (secondary N) is 3. The van der Waals surface area contributed by atoms with Gasteiger partial charge >= 0.3 is 0 Å². The van der Waals surface area contributed by atoms with E-state index in [1.165, 1.54) is 7.05 Å². The first-order chi connectivity index (χ1) is 13.3. The maximum atomic E-state index is 11.6. The van der Waals surface area contributed by atoms with E-state index in [0.29, 0.717) is 19.0 Å². The summed E-state index contributed by atoms with van der Waals surface area (Å²) >= 11 is 1.65. The van der Waals surface area contributed by atoms with E-state index in [1.807, 2.05) is 31.2 Å². The number of rotatable bonds is 9. The minimum absolute atomic E-state index is 0.0244. The second kappa shape index (κ2) is 10.5. The fraction of sp³-hybridized carbons (Fsp3) is 0.474. The van der Waals surface area contributed by atoms with Crippen molar-refractivity contribution in [2.75, 3.05) is 13.6 Å². The number of sulfonamides is 1. The Balaban J connectivity index is 1.95. The largest absolute Gasteiger partial charge is 0.357 e. The third-order valence-electron chi connectivity index (χ3n) is 4.02. The lowest BCUT2D eigenvalue weighted by Gasteiger charge is -2.10. The van der Waals surface area contributed by atoms with Crippen molar-refractivity contribution >= 4 is 27.3 Å². The molecule has 28 heavy (non-hydrogen) atoms. The number of aromatic nitrogens is 1. The van der Waals surface area contributed by atoms with Crippen LogP contribution in [0.15, 0.2) is 34.6 Å². The molecule has 2 rings (SSSR count). The van der Waals surface area contributed by atoms with Crippen LogP contribution in [-0.4, -0.2) is 33.0 Å². The maximum absolute atomic E-state index is 11.6. The molecule has 0 radical (unpaired) electrons. The van der Waals surface area contributed by atoms with Gasteiger partial charge in [0.2, 0.25) is 10.0 Å². The number of thiazole rings is 1. The molecule has 0 bridgehead atoms. The number of aliphatic imine (C=N–C) groups is 1. The van der Waals surface area contributed by atoms with Gasteiger partial charge in [0.05, 0.1) is 24.5 Å². The van der Waals surface area contributed by atoms with Gasteiger partial charge in [0, 0.05) is 11.9 Å². The third-order valence-corrected chi connectivity index (χ3v) is 6.23. The van der Waals surface area contributed by atoms with Gasteiger partial charge in [-0.05, 0) is 31.0 Å². The molecule has 1 aromatic heterocycles. The summed E-state index contributed by atoms with van der Waals surface area (Å²) in [4.78, 5) is 9.23. The Morgan fingerprint density at radius 2 is 1.86 bits per heavy atom. The Bertz CT molecular complexity index is 874. The highest BCUT2D eigenvalue weighted by Crippen LogP contribution is 2.17. The Hall–Kier alpha value is -1.97. The molecule has 0 spiro atoms. The molecule has 3 N–H and O–H groups in total. The standard InChI is InChI=1S/C19H29N5O2S2/c1-5-21-19(23-11-18-24-17(12-27-18)14(2)3)22-10-15-6-8-16(9-7-15)13-28(25,26)20-4/h6-9,12,14,20H,5,10-11,13H2,1-4H3,(H2,21,22,23). The number of benzene rings is 1. The summed E-state index contributed by atoms with van der Waals surface area (Å²) in [7, 11) is -1.84. The zero-order chi connectivity index (χ0) is 20.6. The van der Waals surface area contributed by atoms with Gasteiger partial charge in [-0.3, -0.25) is 0 Å². The minimum atomic E-state index is -3.26. The average molecular weight is 424 g/mol. The van der Waals surface area contributed by atoms with Crippen LogP contribution >= 0.6 is 11.3 Å². The van der Waals surface area contributed by atoms with Crippen LogP contribution in [-0.2, 0) is 28.9 Å². The second-order valence-electron chi connectivity index (χ2n) is 6.65. The number of hydrogen-bond donors (Lipinski definition) is 3. The van der Waals surface area contributed by atoms with E-state index in [0.717, 1.165) is 34.3 Å². The molecule has 0 fully saturated rings. The highest BCUT2D eigenvalue weighted by atomic mass is 32.2. The van der Waals surface area contributed by atoms with Gasteiger partial charge in [-0.25, -0.2) is 23.1 Å². The van der Waals surface area contributed by atoms with Crippen LogP contribution in [0.4, 0.5) is 0 Å². The maximum Gasteiger partial charge on any atom is 0.215 e. The Labute approximate surface area is 171 Å². The first kappa shape index (κ1) is 22.3. The zero-order valence-electron chi connectivity index (χ0n) is 16.8. The summed E-state index contributed by atoms with van der Waals surface area (Å²) in [5, 5.41) is 9.67. The highest BCUT2D eigenvalue weighted by Gasteiger charge is 2.09. The van der Waals surface area contributed by atoms with E-state index in [2.05, 4.69) is 44.6 Å². The predicted octanol–water partition coefficient (Wildman–Crippen LogP) is 2.57. The van der Waals surface area contributed by atoms with Crippen LogP contribution < -0.4 is 15.4 Å². The van der Waals surface area contributed by atoms with E-state index in [-0.39, 0.29) is 5.75 Å². The van der Waals surface area contributed by atoms with Gasteiger partial charge in [-0.1, -0.05) is 38.1 Å². The minimum Gasteiger partial charge on any atom is -0.357 e. The molecule has 154 valence electrons. The molecule has 7 nitrogen and oxygen atoms in total. The molecule has 0 saturated carbocycles. The molecule has 1 aromatic carbocycles.